The Morgan fingerprint density at radius 2 is 1.24 bits per heavy atom. The minimum atomic E-state index is -4.86. The van der Waals surface area contributed by atoms with Crippen molar-refractivity contribution in [2.45, 2.75) is 6.18 Å². The van der Waals surface area contributed by atoms with Gasteiger partial charge in [-0.2, -0.15) is 13.2 Å². The zero-order valence-electron chi connectivity index (χ0n) is 15.1. The Hall–Kier alpha value is -3.36. The third-order valence-corrected chi connectivity index (χ3v) is 5.08. The number of carbonyl (C=O) groups is 3. The fourth-order valence-electron chi connectivity index (χ4n) is 3.58. The number of benzene rings is 2. The van der Waals surface area contributed by atoms with Gasteiger partial charge in [-0.25, -0.2) is 4.90 Å². The summed E-state index contributed by atoms with van der Waals surface area (Å²) < 4.78 is 37.6. The van der Waals surface area contributed by atoms with Crippen molar-refractivity contribution in [2.24, 2.45) is 0 Å². The van der Waals surface area contributed by atoms with Crippen LogP contribution in [-0.2, 0) is 4.79 Å². The summed E-state index contributed by atoms with van der Waals surface area (Å²) in [6.07, 6.45) is -4.86. The smallest absolute Gasteiger partial charge is 0.368 e. The van der Waals surface area contributed by atoms with Gasteiger partial charge in [-0.1, -0.05) is 12.1 Å². The highest BCUT2D eigenvalue weighted by Crippen LogP contribution is 2.30. The minimum Gasteiger partial charge on any atom is -0.368 e. The van der Waals surface area contributed by atoms with Crippen LogP contribution < -0.4 is 9.80 Å². The molecule has 1 saturated heterocycles. The molecule has 6 nitrogen and oxygen atoms in total. The molecule has 0 spiro atoms. The number of imide groups is 1. The van der Waals surface area contributed by atoms with Crippen LogP contribution in [0.1, 0.15) is 20.7 Å². The number of anilines is 2. The number of nitrogens with zero attached hydrogens (tertiary/aromatic N) is 3. The van der Waals surface area contributed by atoms with Crippen molar-refractivity contribution in [3.8, 4) is 0 Å². The van der Waals surface area contributed by atoms with Gasteiger partial charge in [-0.15, -0.1) is 0 Å². The quantitative estimate of drug-likeness (QED) is 0.724. The number of halogens is 3. The second-order valence-electron chi connectivity index (χ2n) is 6.78. The predicted octanol–water partition coefficient (Wildman–Crippen LogP) is 2.70. The van der Waals surface area contributed by atoms with Crippen molar-refractivity contribution in [3.63, 3.8) is 0 Å². The van der Waals surface area contributed by atoms with Crippen LogP contribution >= 0.6 is 0 Å². The molecule has 2 heterocycles. The number of rotatable bonds is 2. The molecule has 0 atom stereocenters. The molecule has 0 radical (unpaired) electrons. The standard InChI is InChI=1S/C20H16F3N3O3/c21-20(22,23)19(29)25-11-9-24(10-12-25)13-5-7-14(8-6-13)26-17(27)15-3-1-2-4-16(15)18(26)28/h1-8H,9-12H2. The van der Waals surface area contributed by atoms with Gasteiger partial charge in [0, 0.05) is 31.9 Å². The van der Waals surface area contributed by atoms with Gasteiger partial charge in [-0.05, 0) is 36.4 Å². The van der Waals surface area contributed by atoms with Crippen LogP contribution in [0.4, 0.5) is 24.5 Å². The summed E-state index contributed by atoms with van der Waals surface area (Å²) in [4.78, 5) is 40.2. The van der Waals surface area contributed by atoms with Crippen molar-refractivity contribution >= 4 is 29.1 Å². The SMILES string of the molecule is O=C1c2ccccc2C(=O)N1c1ccc(N2CCN(C(=O)C(F)(F)F)CC2)cc1. The molecular formula is C20H16F3N3O3. The Bertz CT molecular complexity index is 945. The van der Waals surface area contributed by atoms with Crippen LogP contribution in [0.5, 0.6) is 0 Å². The largest absolute Gasteiger partial charge is 0.471 e. The number of hydrogen-bond donors (Lipinski definition) is 0. The van der Waals surface area contributed by atoms with E-state index in [0.717, 1.165) is 15.5 Å². The van der Waals surface area contributed by atoms with Gasteiger partial charge in [-0.3, -0.25) is 14.4 Å². The first-order chi connectivity index (χ1) is 13.8. The lowest BCUT2D eigenvalue weighted by Crippen LogP contribution is -2.52. The predicted molar refractivity (Wildman–Crippen MR) is 98.9 cm³/mol. The van der Waals surface area contributed by atoms with Crippen LogP contribution in [0.15, 0.2) is 48.5 Å². The van der Waals surface area contributed by atoms with Crippen molar-refractivity contribution in [2.75, 3.05) is 36.0 Å². The monoisotopic (exact) mass is 403 g/mol. The number of carbonyl (C=O) groups excluding carboxylic acids is 3. The molecule has 0 aliphatic carbocycles. The summed E-state index contributed by atoms with van der Waals surface area (Å²) in [5.74, 6) is -2.60. The third kappa shape index (κ3) is 3.32. The van der Waals surface area contributed by atoms with E-state index >= 15 is 0 Å². The first-order valence-corrected chi connectivity index (χ1v) is 8.96. The van der Waals surface area contributed by atoms with E-state index in [1.54, 1.807) is 48.5 Å². The zero-order chi connectivity index (χ0) is 20.8. The lowest BCUT2D eigenvalue weighted by Gasteiger charge is -2.36. The van der Waals surface area contributed by atoms with E-state index in [2.05, 4.69) is 0 Å². The average molecular weight is 403 g/mol. The number of fused-ring (bicyclic) bond motifs is 1. The first-order valence-electron chi connectivity index (χ1n) is 8.96. The first kappa shape index (κ1) is 19.0. The summed E-state index contributed by atoms with van der Waals surface area (Å²) in [6, 6.07) is 13.3. The Morgan fingerprint density at radius 3 is 1.72 bits per heavy atom. The topological polar surface area (TPSA) is 60.9 Å². The van der Waals surface area contributed by atoms with Crippen molar-refractivity contribution < 1.29 is 27.6 Å². The van der Waals surface area contributed by atoms with Crippen molar-refractivity contribution in [1.82, 2.24) is 4.90 Å². The highest BCUT2D eigenvalue weighted by molar-refractivity contribution is 6.34. The van der Waals surface area contributed by atoms with Crippen LogP contribution in [0.2, 0.25) is 0 Å². The number of hydrogen-bond acceptors (Lipinski definition) is 4. The van der Waals surface area contributed by atoms with E-state index in [-0.39, 0.29) is 26.2 Å². The van der Waals surface area contributed by atoms with Crippen molar-refractivity contribution in [3.05, 3.63) is 59.7 Å². The molecule has 1 fully saturated rings. The van der Waals surface area contributed by atoms with Gasteiger partial charge in [0.1, 0.15) is 0 Å². The molecular weight excluding hydrogens is 387 g/mol. The zero-order valence-corrected chi connectivity index (χ0v) is 15.1. The van der Waals surface area contributed by atoms with Gasteiger partial charge < -0.3 is 9.80 Å². The summed E-state index contributed by atoms with van der Waals surface area (Å²) in [6.45, 7) is 0.458. The Labute approximate surface area is 164 Å². The fourth-order valence-corrected chi connectivity index (χ4v) is 3.58. The highest BCUT2D eigenvalue weighted by atomic mass is 19.4. The number of alkyl halides is 3. The van der Waals surface area contributed by atoms with Crippen LogP contribution in [0, 0.1) is 0 Å². The third-order valence-electron chi connectivity index (χ3n) is 5.08. The molecule has 9 heteroatoms. The maximum atomic E-state index is 12.5. The second kappa shape index (κ2) is 6.91. The molecule has 29 heavy (non-hydrogen) atoms. The van der Waals surface area contributed by atoms with Gasteiger partial charge >= 0.3 is 12.1 Å². The van der Waals surface area contributed by atoms with Gasteiger partial charge in [0.2, 0.25) is 0 Å². The molecule has 2 aliphatic rings. The Balaban J connectivity index is 1.46. The summed E-state index contributed by atoms with van der Waals surface area (Å²) in [7, 11) is 0. The van der Waals surface area contributed by atoms with E-state index in [9.17, 15) is 27.6 Å². The molecule has 0 unspecified atom stereocenters. The molecule has 0 bridgehead atoms. The lowest BCUT2D eigenvalue weighted by atomic mass is 10.1. The highest BCUT2D eigenvalue weighted by Gasteiger charge is 2.43. The molecule has 0 aromatic heterocycles. The molecule has 2 aliphatic heterocycles. The molecule has 0 N–H and O–H groups in total. The fraction of sp³-hybridized carbons (Fsp3) is 0.250. The van der Waals surface area contributed by atoms with Crippen LogP contribution in [0.25, 0.3) is 0 Å². The van der Waals surface area contributed by atoms with Crippen molar-refractivity contribution in [1.29, 1.82) is 0 Å². The van der Waals surface area contributed by atoms with Gasteiger partial charge in [0.05, 0.1) is 16.8 Å². The normalized spacial score (nSPS) is 17.0. The number of piperazine rings is 1. The van der Waals surface area contributed by atoms with E-state index in [0.29, 0.717) is 16.8 Å². The van der Waals surface area contributed by atoms with E-state index in [1.165, 1.54) is 0 Å². The van der Waals surface area contributed by atoms with Crippen LogP contribution in [-0.4, -0.2) is 55.0 Å². The molecule has 0 saturated carbocycles. The summed E-state index contributed by atoms with van der Waals surface area (Å²) >= 11 is 0. The minimum absolute atomic E-state index is 0.0293. The summed E-state index contributed by atoms with van der Waals surface area (Å²) in [5.41, 5.74) is 1.87. The molecule has 150 valence electrons. The lowest BCUT2D eigenvalue weighted by molar-refractivity contribution is -0.185. The summed E-state index contributed by atoms with van der Waals surface area (Å²) in [5, 5.41) is 0. The average Bonchev–Trinajstić information content (AvgIpc) is 2.98. The second-order valence-corrected chi connectivity index (χ2v) is 6.78. The van der Waals surface area contributed by atoms with Gasteiger partial charge in [0.15, 0.2) is 0 Å². The Morgan fingerprint density at radius 1 is 0.759 bits per heavy atom. The maximum Gasteiger partial charge on any atom is 0.471 e. The maximum absolute atomic E-state index is 12.5. The molecule has 2 aromatic carbocycles. The molecule has 2 aromatic rings. The molecule has 4 rings (SSSR count). The van der Waals surface area contributed by atoms with Gasteiger partial charge in [0.25, 0.3) is 11.8 Å². The van der Waals surface area contributed by atoms with E-state index < -0.39 is 23.9 Å². The van der Waals surface area contributed by atoms with E-state index in [1.807, 2.05) is 4.90 Å². The molecule has 3 amide bonds. The Kier molecular flexibility index (Phi) is 4.52. The number of amides is 3. The van der Waals surface area contributed by atoms with E-state index in [4.69, 9.17) is 0 Å². The van der Waals surface area contributed by atoms with Crippen LogP contribution in [0.3, 0.4) is 0 Å².